The van der Waals surface area contributed by atoms with Gasteiger partial charge >= 0.3 is 6.03 Å². The number of carbonyl (C=O) groups excluding carboxylic acids is 2. The van der Waals surface area contributed by atoms with Crippen LogP contribution in [0.2, 0.25) is 0 Å². The van der Waals surface area contributed by atoms with Crippen LogP contribution in [0.5, 0.6) is 11.5 Å². The highest BCUT2D eigenvalue weighted by atomic mass is 16.5. The first-order chi connectivity index (χ1) is 8.56. The Hall–Kier alpha value is -2.75. The molecule has 94 valence electrons. The van der Waals surface area contributed by atoms with Gasteiger partial charge in [-0.05, 0) is 12.1 Å². The number of nitrogens with zero attached hydrogens (tertiary/aromatic N) is 1. The number of nitrogens with two attached hydrogens (primary N) is 1. The molecule has 0 saturated carbocycles. The Kier molecular flexibility index (Phi) is 4.51. The summed E-state index contributed by atoms with van der Waals surface area (Å²) in [5.74, 6) is -0.0639. The fourth-order valence-corrected chi connectivity index (χ4v) is 1.17. The predicted molar refractivity (Wildman–Crippen MR) is 60.9 cm³/mol. The van der Waals surface area contributed by atoms with E-state index in [0.29, 0.717) is 11.3 Å². The van der Waals surface area contributed by atoms with Gasteiger partial charge in [0.1, 0.15) is 0 Å². The zero-order valence-corrected chi connectivity index (χ0v) is 9.60. The SMILES string of the molecule is COc1cc(C#N)ccc1OCC(=O)NC(N)=O. The number of ether oxygens (including phenoxy) is 2. The Morgan fingerprint density at radius 2 is 2.17 bits per heavy atom. The number of benzene rings is 1. The van der Waals surface area contributed by atoms with E-state index in [-0.39, 0.29) is 12.4 Å². The number of carbonyl (C=O) groups is 2. The van der Waals surface area contributed by atoms with Crippen molar-refractivity contribution >= 4 is 11.9 Å². The summed E-state index contributed by atoms with van der Waals surface area (Å²) in [7, 11) is 1.41. The van der Waals surface area contributed by atoms with Gasteiger partial charge < -0.3 is 15.2 Å². The standard InChI is InChI=1S/C11H11N3O4/c1-17-9-4-7(5-12)2-3-8(9)18-6-10(15)14-11(13)16/h2-4H,6H2,1H3,(H3,13,14,15,16). The molecule has 3 N–H and O–H groups in total. The highest BCUT2D eigenvalue weighted by molar-refractivity contribution is 5.94. The molecule has 0 unspecified atom stereocenters. The Bertz CT molecular complexity index is 508. The van der Waals surface area contributed by atoms with Crippen LogP contribution in [-0.2, 0) is 4.79 Å². The van der Waals surface area contributed by atoms with Gasteiger partial charge in [-0.3, -0.25) is 10.1 Å². The Morgan fingerprint density at radius 3 is 2.72 bits per heavy atom. The smallest absolute Gasteiger partial charge is 0.318 e. The average molecular weight is 249 g/mol. The number of urea groups is 1. The molecule has 7 nitrogen and oxygen atoms in total. The van der Waals surface area contributed by atoms with Gasteiger partial charge in [0.25, 0.3) is 5.91 Å². The molecular weight excluding hydrogens is 238 g/mol. The molecule has 0 spiro atoms. The second-order valence-electron chi connectivity index (χ2n) is 3.18. The summed E-state index contributed by atoms with van der Waals surface area (Å²) in [6.07, 6.45) is 0. The summed E-state index contributed by atoms with van der Waals surface area (Å²) in [5, 5.41) is 10.6. The molecule has 3 amide bonds. The second kappa shape index (κ2) is 6.10. The molecule has 0 bridgehead atoms. The number of hydrogen-bond donors (Lipinski definition) is 2. The topological polar surface area (TPSA) is 114 Å². The van der Waals surface area contributed by atoms with E-state index in [9.17, 15) is 9.59 Å². The van der Waals surface area contributed by atoms with Crippen molar-refractivity contribution < 1.29 is 19.1 Å². The number of nitriles is 1. The zero-order chi connectivity index (χ0) is 13.5. The Balaban J connectivity index is 2.70. The van der Waals surface area contributed by atoms with Crippen molar-refractivity contribution in [3.05, 3.63) is 23.8 Å². The van der Waals surface area contributed by atoms with Crippen molar-refractivity contribution in [1.29, 1.82) is 5.26 Å². The van der Waals surface area contributed by atoms with E-state index in [2.05, 4.69) is 0 Å². The van der Waals surface area contributed by atoms with E-state index in [0.717, 1.165) is 0 Å². The Morgan fingerprint density at radius 1 is 1.44 bits per heavy atom. The van der Waals surface area contributed by atoms with E-state index in [1.165, 1.54) is 25.3 Å². The van der Waals surface area contributed by atoms with E-state index >= 15 is 0 Å². The second-order valence-corrected chi connectivity index (χ2v) is 3.18. The molecule has 7 heteroatoms. The molecule has 0 aliphatic carbocycles. The largest absolute Gasteiger partial charge is 0.493 e. The number of methoxy groups -OCH3 is 1. The van der Waals surface area contributed by atoms with Gasteiger partial charge in [0.05, 0.1) is 18.7 Å². The lowest BCUT2D eigenvalue weighted by molar-refractivity contribution is -0.121. The first-order valence-electron chi connectivity index (χ1n) is 4.87. The Labute approximate surface area is 103 Å². The first kappa shape index (κ1) is 13.3. The molecule has 0 aliphatic rings. The van der Waals surface area contributed by atoms with E-state index in [1.54, 1.807) is 0 Å². The van der Waals surface area contributed by atoms with E-state index in [1.807, 2.05) is 11.4 Å². The highest BCUT2D eigenvalue weighted by Crippen LogP contribution is 2.27. The maximum absolute atomic E-state index is 11.1. The fourth-order valence-electron chi connectivity index (χ4n) is 1.17. The quantitative estimate of drug-likeness (QED) is 0.787. The molecule has 0 heterocycles. The van der Waals surface area contributed by atoms with Crippen molar-refractivity contribution in [2.75, 3.05) is 13.7 Å². The molecule has 0 aromatic heterocycles. The summed E-state index contributed by atoms with van der Waals surface area (Å²) in [6.45, 7) is -0.384. The van der Waals surface area contributed by atoms with Gasteiger partial charge in [-0.15, -0.1) is 0 Å². The number of rotatable bonds is 4. The maximum Gasteiger partial charge on any atom is 0.318 e. The number of nitrogens with one attached hydrogen (secondary N) is 1. The zero-order valence-electron chi connectivity index (χ0n) is 9.60. The molecule has 1 rings (SSSR count). The molecule has 0 aliphatic heterocycles. The number of amides is 3. The van der Waals surface area contributed by atoms with Gasteiger partial charge in [0.2, 0.25) is 0 Å². The van der Waals surface area contributed by atoms with Crippen LogP contribution in [0.25, 0.3) is 0 Å². The van der Waals surface area contributed by atoms with Gasteiger partial charge in [0, 0.05) is 6.07 Å². The van der Waals surface area contributed by atoms with Crippen molar-refractivity contribution in [1.82, 2.24) is 5.32 Å². The summed E-state index contributed by atoms with van der Waals surface area (Å²) in [6, 6.07) is 5.48. The van der Waals surface area contributed by atoms with Crippen LogP contribution in [-0.4, -0.2) is 25.7 Å². The molecule has 0 atom stereocenters. The third-order valence-corrected chi connectivity index (χ3v) is 1.91. The average Bonchev–Trinajstić information content (AvgIpc) is 2.35. The molecule has 0 radical (unpaired) electrons. The minimum atomic E-state index is -0.949. The van der Waals surface area contributed by atoms with Gasteiger partial charge in [0.15, 0.2) is 18.1 Å². The highest BCUT2D eigenvalue weighted by Gasteiger charge is 2.09. The van der Waals surface area contributed by atoms with Crippen LogP contribution >= 0.6 is 0 Å². The van der Waals surface area contributed by atoms with Gasteiger partial charge in [-0.2, -0.15) is 5.26 Å². The van der Waals surface area contributed by atoms with Gasteiger partial charge in [-0.1, -0.05) is 0 Å². The van der Waals surface area contributed by atoms with Crippen LogP contribution in [0.4, 0.5) is 4.79 Å². The molecule has 1 aromatic rings. The minimum absolute atomic E-state index is 0.288. The van der Waals surface area contributed by atoms with Crippen LogP contribution in [0.3, 0.4) is 0 Å². The van der Waals surface area contributed by atoms with Crippen LogP contribution in [0, 0.1) is 11.3 Å². The van der Waals surface area contributed by atoms with Crippen molar-refractivity contribution in [3.8, 4) is 17.6 Å². The lowest BCUT2D eigenvalue weighted by atomic mass is 10.2. The van der Waals surface area contributed by atoms with Crippen molar-refractivity contribution in [3.63, 3.8) is 0 Å². The summed E-state index contributed by atoms with van der Waals surface area (Å²) >= 11 is 0. The predicted octanol–water partition coefficient (Wildman–Crippen LogP) is 0.141. The van der Waals surface area contributed by atoms with Crippen molar-refractivity contribution in [2.24, 2.45) is 5.73 Å². The van der Waals surface area contributed by atoms with Crippen molar-refractivity contribution in [2.45, 2.75) is 0 Å². The van der Waals surface area contributed by atoms with E-state index in [4.69, 9.17) is 20.5 Å². The summed E-state index contributed by atoms with van der Waals surface area (Å²) in [4.78, 5) is 21.5. The lowest BCUT2D eigenvalue weighted by Gasteiger charge is -2.10. The maximum atomic E-state index is 11.1. The van der Waals surface area contributed by atoms with E-state index < -0.39 is 11.9 Å². The lowest BCUT2D eigenvalue weighted by Crippen LogP contribution is -2.38. The van der Waals surface area contributed by atoms with Gasteiger partial charge in [-0.25, -0.2) is 4.79 Å². The molecule has 18 heavy (non-hydrogen) atoms. The third-order valence-electron chi connectivity index (χ3n) is 1.91. The molecule has 1 aromatic carbocycles. The van der Waals surface area contributed by atoms with Crippen LogP contribution in [0.15, 0.2) is 18.2 Å². The minimum Gasteiger partial charge on any atom is -0.493 e. The number of primary amides is 1. The first-order valence-corrected chi connectivity index (χ1v) is 4.87. The number of imide groups is 1. The summed E-state index contributed by atoms with van der Waals surface area (Å²) < 4.78 is 10.1. The monoisotopic (exact) mass is 249 g/mol. The molecular formula is C11H11N3O4. The van der Waals surface area contributed by atoms with Crippen LogP contribution < -0.4 is 20.5 Å². The third kappa shape index (κ3) is 3.68. The van der Waals surface area contributed by atoms with Crippen LogP contribution in [0.1, 0.15) is 5.56 Å². The fraction of sp³-hybridized carbons (Fsp3) is 0.182. The normalized spacial score (nSPS) is 9.11. The number of hydrogen-bond acceptors (Lipinski definition) is 5. The molecule has 0 fully saturated rings. The molecule has 0 saturated heterocycles. The summed E-state index contributed by atoms with van der Waals surface area (Å²) in [5.41, 5.74) is 5.17.